The standard InChI is InChI=1S/C27H27N7/c1-2-8-20-19(7-1)28-25(29-20)13-16-34(17-14-26-30-21-9-3-4-10-22(21)31-26)18-15-27-32-23-11-5-6-12-24(23)33-27/h1-12H,13-18H2,(H,28,29)(H,30,31)(H,32,33). The summed E-state index contributed by atoms with van der Waals surface area (Å²) in [4.78, 5) is 27.1. The minimum Gasteiger partial charge on any atom is -0.342 e. The zero-order valence-electron chi connectivity index (χ0n) is 19.0. The van der Waals surface area contributed by atoms with E-state index in [1.165, 1.54) is 0 Å². The molecule has 7 nitrogen and oxygen atoms in total. The average Bonchev–Trinajstić information content (AvgIpc) is 3.58. The third-order valence-corrected chi connectivity index (χ3v) is 6.31. The van der Waals surface area contributed by atoms with Gasteiger partial charge in [-0.25, -0.2) is 15.0 Å². The average molecular weight is 450 g/mol. The van der Waals surface area contributed by atoms with Gasteiger partial charge in [0, 0.05) is 38.9 Å². The van der Waals surface area contributed by atoms with Crippen LogP contribution in [0.4, 0.5) is 0 Å². The highest BCUT2D eigenvalue weighted by atomic mass is 15.1. The van der Waals surface area contributed by atoms with E-state index >= 15 is 0 Å². The van der Waals surface area contributed by atoms with Crippen LogP contribution in [0.5, 0.6) is 0 Å². The first-order valence-corrected chi connectivity index (χ1v) is 11.8. The molecule has 6 rings (SSSR count). The number of hydrogen-bond donors (Lipinski definition) is 3. The molecule has 0 radical (unpaired) electrons. The first-order valence-electron chi connectivity index (χ1n) is 11.8. The van der Waals surface area contributed by atoms with E-state index in [0.29, 0.717) is 0 Å². The molecule has 0 aliphatic carbocycles. The number of benzene rings is 3. The summed E-state index contributed by atoms with van der Waals surface area (Å²) in [5.41, 5.74) is 6.34. The van der Waals surface area contributed by atoms with Gasteiger partial charge >= 0.3 is 0 Å². The van der Waals surface area contributed by atoms with Crippen molar-refractivity contribution in [1.29, 1.82) is 0 Å². The number of aromatic amines is 3. The molecule has 0 bridgehead atoms. The van der Waals surface area contributed by atoms with Crippen molar-refractivity contribution in [3.63, 3.8) is 0 Å². The molecule has 3 aromatic carbocycles. The Morgan fingerprint density at radius 2 is 0.794 bits per heavy atom. The van der Waals surface area contributed by atoms with Crippen molar-refractivity contribution in [2.45, 2.75) is 19.3 Å². The number of H-pyrrole nitrogens is 3. The van der Waals surface area contributed by atoms with E-state index in [9.17, 15) is 0 Å². The summed E-state index contributed by atoms with van der Waals surface area (Å²) in [7, 11) is 0. The lowest BCUT2D eigenvalue weighted by Gasteiger charge is -2.21. The van der Waals surface area contributed by atoms with Crippen molar-refractivity contribution in [3.05, 3.63) is 90.3 Å². The Morgan fingerprint density at radius 1 is 0.471 bits per heavy atom. The molecule has 0 amide bonds. The summed E-state index contributed by atoms with van der Waals surface area (Å²) < 4.78 is 0. The van der Waals surface area contributed by atoms with E-state index in [-0.39, 0.29) is 0 Å². The van der Waals surface area contributed by atoms with Gasteiger partial charge in [-0.05, 0) is 36.4 Å². The number of nitrogens with zero attached hydrogens (tertiary/aromatic N) is 4. The summed E-state index contributed by atoms with van der Waals surface area (Å²) in [6.07, 6.45) is 2.61. The van der Waals surface area contributed by atoms with Crippen molar-refractivity contribution in [3.8, 4) is 0 Å². The Bertz CT molecular complexity index is 1260. The third-order valence-electron chi connectivity index (χ3n) is 6.31. The number of fused-ring (bicyclic) bond motifs is 3. The van der Waals surface area contributed by atoms with Gasteiger partial charge in [-0.15, -0.1) is 0 Å². The van der Waals surface area contributed by atoms with E-state index in [4.69, 9.17) is 15.0 Å². The van der Waals surface area contributed by atoms with Crippen LogP contribution in [0, 0.1) is 0 Å². The molecule has 7 heteroatoms. The fourth-order valence-electron chi connectivity index (χ4n) is 4.50. The number of imidazole rings is 3. The van der Waals surface area contributed by atoms with E-state index in [1.54, 1.807) is 0 Å². The topological polar surface area (TPSA) is 89.3 Å². The molecule has 0 aliphatic rings. The van der Waals surface area contributed by atoms with Crippen LogP contribution in [-0.4, -0.2) is 54.4 Å². The molecular formula is C27H27N7. The quantitative estimate of drug-likeness (QED) is 0.300. The Balaban J connectivity index is 1.15. The number of hydrogen-bond acceptors (Lipinski definition) is 4. The van der Waals surface area contributed by atoms with Gasteiger partial charge in [0.15, 0.2) is 0 Å². The van der Waals surface area contributed by atoms with Crippen molar-refractivity contribution >= 4 is 33.1 Å². The maximum Gasteiger partial charge on any atom is 0.108 e. The van der Waals surface area contributed by atoms with E-state index in [2.05, 4.69) is 56.3 Å². The first-order chi connectivity index (χ1) is 16.8. The van der Waals surface area contributed by atoms with Crippen LogP contribution >= 0.6 is 0 Å². The van der Waals surface area contributed by atoms with Crippen LogP contribution in [0.15, 0.2) is 72.8 Å². The zero-order valence-corrected chi connectivity index (χ0v) is 19.0. The molecule has 0 unspecified atom stereocenters. The monoisotopic (exact) mass is 449 g/mol. The van der Waals surface area contributed by atoms with Gasteiger partial charge in [0.05, 0.1) is 33.1 Å². The van der Waals surface area contributed by atoms with Gasteiger partial charge in [0.2, 0.25) is 0 Å². The molecule has 3 aromatic heterocycles. The van der Waals surface area contributed by atoms with Crippen LogP contribution in [0.3, 0.4) is 0 Å². The normalized spacial score (nSPS) is 11.9. The van der Waals surface area contributed by atoms with Gasteiger partial charge in [-0.1, -0.05) is 36.4 Å². The number of para-hydroxylation sites is 6. The van der Waals surface area contributed by atoms with E-state index in [0.717, 1.165) is 89.5 Å². The van der Waals surface area contributed by atoms with Gasteiger partial charge in [0.1, 0.15) is 17.5 Å². The molecule has 0 fully saturated rings. The highest BCUT2D eigenvalue weighted by Gasteiger charge is 2.12. The fourth-order valence-corrected chi connectivity index (χ4v) is 4.50. The summed E-state index contributed by atoms with van der Waals surface area (Å²) in [5, 5.41) is 0. The van der Waals surface area contributed by atoms with E-state index in [1.807, 2.05) is 36.4 Å². The van der Waals surface area contributed by atoms with Crippen LogP contribution in [0.25, 0.3) is 33.1 Å². The molecule has 3 heterocycles. The summed E-state index contributed by atoms with van der Waals surface area (Å²) >= 11 is 0. The Kier molecular flexibility index (Phi) is 5.53. The minimum absolute atomic E-state index is 0.870. The lowest BCUT2D eigenvalue weighted by Crippen LogP contribution is -2.31. The van der Waals surface area contributed by atoms with Gasteiger partial charge < -0.3 is 19.9 Å². The highest BCUT2D eigenvalue weighted by molar-refractivity contribution is 5.76. The maximum absolute atomic E-state index is 4.76. The molecule has 34 heavy (non-hydrogen) atoms. The van der Waals surface area contributed by atoms with Gasteiger partial charge in [-0.3, -0.25) is 0 Å². The van der Waals surface area contributed by atoms with Gasteiger partial charge in [-0.2, -0.15) is 0 Å². The predicted molar refractivity (Wildman–Crippen MR) is 136 cm³/mol. The minimum atomic E-state index is 0.870. The molecule has 0 aliphatic heterocycles. The molecule has 0 atom stereocenters. The lowest BCUT2D eigenvalue weighted by molar-refractivity contribution is 0.279. The Hall–Kier alpha value is -3.97. The molecule has 3 N–H and O–H groups in total. The second-order valence-electron chi connectivity index (χ2n) is 8.69. The fraction of sp³-hybridized carbons (Fsp3) is 0.222. The van der Waals surface area contributed by atoms with Crippen molar-refractivity contribution in [2.75, 3.05) is 19.6 Å². The third kappa shape index (κ3) is 4.43. The molecule has 170 valence electrons. The number of aromatic nitrogens is 6. The van der Waals surface area contributed by atoms with Crippen molar-refractivity contribution in [1.82, 2.24) is 34.8 Å². The summed E-state index contributed by atoms with van der Waals surface area (Å²) in [6.45, 7) is 2.75. The predicted octanol–water partition coefficient (Wildman–Crippen LogP) is 4.65. The maximum atomic E-state index is 4.76. The lowest BCUT2D eigenvalue weighted by atomic mass is 10.2. The first kappa shape index (κ1) is 20.6. The highest BCUT2D eigenvalue weighted by Crippen LogP contribution is 2.14. The van der Waals surface area contributed by atoms with Crippen molar-refractivity contribution < 1.29 is 0 Å². The zero-order chi connectivity index (χ0) is 22.7. The number of nitrogens with one attached hydrogen (secondary N) is 3. The SMILES string of the molecule is c1ccc2[nH]c(CCN(CCc3nc4ccccc4[nH]3)CCc3nc4ccccc4[nH]3)nc2c1. The van der Waals surface area contributed by atoms with Crippen molar-refractivity contribution in [2.24, 2.45) is 0 Å². The van der Waals surface area contributed by atoms with E-state index < -0.39 is 0 Å². The summed E-state index contributed by atoms with van der Waals surface area (Å²) in [5.74, 6) is 3.08. The van der Waals surface area contributed by atoms with Crippen LogP contribution in [0.1, 0.15) is 17.5 Å². The second kappa shape index (κ2) is 9.11. The Morgan fingerprint density at radius 3 is 1.12 bits per heavy atom. The second-order valence-corrected chi connectivity index (χ2v) is 8.69. The Labute approximate surface area is 197 Å². The smallest absolute Gasteiger partial charge is 0.108 e. The largest absolute Gasteiger partial charge is 0.342 e. The molecule has 0 saturated heterocycles. The molecule has 0 saturated carbocycles. The molecular weight excluding hydrogens is 422 g/mol. The van der Waals surface area contributed by atoms with Crippen LogP contribution in [0.2, 0.25) is 0 Å². The summed E-state index contributed by atoms with van der Waals surface area (Å²) in [6, 6.07) is 24.6. The molecule has 0 spiro atoms. The number of rotatable bonds is 9. The molecule has 6 aromatic rings. The van der Waals surface area contributed by atoms with Crippen LogP contribution in [-0.2, 0) is 19.3 Å². The van der Waals surface area contributed by atoms with Crippen LogP contribution < -0.4 is 0 Å². The van der Waals surface area contributed by atoms with Gasteiger partial charge in [0.25, 0.3) is 0 Å².